The fourth-order valence-corrected chi connectivity index (χ4v) is 5.19. The Hall–Kier alpha value is -4.01. The second-order valence-electron chi connectivity index (χ2n) is 10.7. The van der Waals surface area contributed by atoms with E-state index in [2.05, 4.69) is 34.0 Å². The smallest absolute Gasteiger partial charge is 0.410 e. The zero-order chi connectivity index (χ0) is 28.1. The number of amides is 2. The van der Waals surface area contributed by atoms with E-state index in [1.165, 1.54) is 5.57 Å². The highest BCUT2D eigenvalue weighted by atomic mass is 16.6. The number of aliphatic imine (C=N–C) groups is 2. The zero-order valence-electron chi connectivity index (χ0n) is 23.3. The van der Waals surface area contributed by atoms with Gasteiger partial charge in [0, 0.05) is 43.2 Å². The van der Waals surface area contributed by atoms with Crippen molar-refractivity contribution < 1.29 is 19.1 Å². The number of aromatic nitrogens is 1. The maximum Gasteiger partial charge on any atom is 0.410 e. The minimum Gasteiger partial charge on any atom is -0.474 e. The topological polar surface area (TPSA) is 105 Å². The highest BCUT2D eigenvalue weighted by Gasteiger charge is 2.31. The molecule has 210 valence electrons. The van der Waals surface area contributed by atoms with Gasteiger partial charge in [0.2, 0.25) is 11.8 Å². The van der Waals surface area contributed by atoms with Crippen molar-refractivity contribution in [3.05, 3.63) is 65.5 Å². The average Bonchev–Trinajstić information content (AvgIpc) is 3.71. The largest absolute Gasteiger partial charge is 0.474 e. The van der Waals surface area contributed by atoms with Gasteiger partial charge in [0.1, 0.15) is 12.2 Å². The number of hydrogen-bond acceptors (Lipinski definition) is 7. The number of allylic oxidation sites excluding steroid dienone is 5. The van der Waals surface area contributed by atoms with Crippen LogP contribution in [0.15, 0.2) is 70.0 Å². The molecule has 0 unspecified atom stereocenters. The number of carbonyl (C=O) groups is 2. The molecule has 1 aromatic rings. The quantitative estimate of drug-likeness (QED) is 0.518. The van der Waals surface area contributed by atoms with Gasteiger partial charge in [0.25, 0.3) is 0 Å². The summed E-state index contributed by atoms with van der Waals surface area (Å²) in [6.45, 7) is 7.35. The molecule has 2 atom stereocenters. The molecule has 5 rings (SSSR count). The van der Waals surface area contributed by atoms with Crippen LogP contribution in [-0.2, 0) is 9.53 Å². The van der Waals surface area contributed by atoms with Crippen molar-refractivity contribution in [1.29, 1.82) is 0 Å². The standard InChI is InChI=1S/C31H37N5O4/c1-20-7-4-9-23(35-29(20)27(19-32-3)26-10-5-13-33-30(26)39-24-11-12-24)16-22-8-6-14-36(21(2)15-22)31(38)40-25-17-28(37)34-18-25/h4-5,9-10,13,16,19,21,24-25H,1,6-8,11-12,14-15,17-18H2,2-3H3,(H,34,37)/b22-16?,29-27-,32-19?/t21-,25-/m0/s1. The Balaban J connectivity index is 1.40. The maximum absolute atomic E-state index is 12.9. The molecular formula is C31H37N5O4. The van der Waals surface area contributed by atoms with E-state index in [9.17, 15) is 9.59 Å². The summed E-state index contributed by atoms with van der Waals surface area (Å²) in [6.07, 6.45) is 14.6. The molecule has 0 aromatic carbocycles. The Kier molecular flexibility index (Phi) is 8.57. The Morgan fingerprint density at radius 1 is 1.27 bits per heavy atom. The lowest BCUT2D eigenvalue weighted by atomic mass is 10.0. The van der Waals surface area contributed by atoms with Gasteiger partial charge in [0.05, 0.1) is 24.4 Å². The monoisotopic (exact) mass is 543 g/mol. The first-order chi connectivity index (χ1) is 19.4. The highest BCUT2D eigenvalue weighted by Crippen LogP contribution is 2.34. The predicted molar refractivity (Wildman–Crippen MR) is 156 cm³/mol. The number of pyridine rings is 1. The summed E-state index contributed by atoms with van der Waals surface area (Å²) in [5.41, 5.74) is 5.40. The number of hydrogen-bond donors (Lipinski definition) is 1. The number of carbonyl (C=O) groups excluding carboxylic acids is 2. The number of nitrogens with zero attached hydrogens (tertiary/aromatic N) is 4. The van der Waals surface area contributed by atoms with Gasteiger partial charge >= 0.3 is 6.09 Å². The Morgan fingerprint density at radius 3 is 2.88 bits per heavy atom. The third-order valence-corrected chi connectivity index (χ3v) is 7.39. The van der Waals surface area contributed by atoms with Crippen molar-refractivity contribution in [2.24, 2.45) is 9.98 Å². The third-order valence-electron chi connectivity index (χ3n) is 7.39. The highest BCUT2D eigenvalue weighted by molar-refractivity contribution is 6.14. The van der Waals surface area contributed by atoms with Gasteiger partial charge in [0.15, 0.2) is 0 Å². The van der Waals surface area contributed by atoms with Crippen molar-refractivity contribution >= 4 is 29.5 Å². The van der Waals surface area contributed by atoms with E-state index in [4.69, 9.17) is 14.5 Å². The van der Waals surface area contributed by atoms with Gasteiger partial charge < -0.3 is 19.7 Å². The minimum absolute atomic E-state index is 0.0352. The molecule has 2 saturated heterocycles. The molecule has 0 bridgehead atoms. The molecule has 1 N–H and O–H groups in total. The lowest BCUT2D eigenvalue weighted by Gasteiger charge is -2.27. The van der Waals surface area contributed by atoms with E-state index in [1.54, 1.807) is 18.1 Å². The summed E-state index contributed by atoms with van der Waals surface area (Å²) in [6, 6.07) is 3.85. The molecule has 3 aliphatic heterocycles. The first kappa shape index (κ1) is 27.6. The molecule has 9 heteroatoms. The summed E-state index contributed by atoms with van der Waals surface area (Å²) >= 11 is 0. The summed E-state index contributed by atoms with van der Waals surface area (Å²) in [5, 5.41) is 2.71. The normalized spacial score (nSPS) is 25.9. The summed E-state index contributed by atoms with van der Waals surface area (Å²) in [7, 11) is 1.74. The van der Waals surface area contributed by atoms with Crippen molar-refractivity contribution in [3.8, 4) is 5.88 Å². The fourth-order valence-electron chi connectivity index (χ4n) is 5.19. The zero-order valence-corrected chi connectivity index (χ0v) is 23.3. The molecule has 9 nitrogen and oxygen atoms in total. The molecular weight excluding hydrogens is 506 g/mol. The lowest BCUT2D eigenvalue weighted by molar-refractivity contribution is -0.119. The van der Waals surface area contributed by atoms with Crippen molar-refractivity contribution in [1.82, 2.24) is 15.2 Å². The average molecular weight is 544 g/mol. The number of rotatable bonds is 6. The Morgan fingerprint density at radius 2 is 2.12 bits per heavy atom. The van der Waals surface area contributed by atoms with Crippen LogP contribution >= 0.6 is 0 Å². The molecule has 4 aliphatic rings. The van der Waals surface area contributed by atoms with Crippen molar-refractivity contribution in [2.75, 3.05) is 20.1 Å². The van der Waals surface area contributed by atoms with E-state index in [0.29, 0.717) is 25.4 Å². The van der Waals surface area contributed by atoms with Crippen LogP contribution in [0.25, 0.3) is 5.57 Å². The molecule has 2 amide bonds. The van der Waals surface area contributed by atoms with Crippen LogP contribution in [0.5, 0.6) is 5.88 Å². The molecule has 4 heterocycles. The molecule has 40 heavy (non-hydrogen) atoms. The van der Waals surface area contributed by atoms with Crippen LogP contribution in [0.3, 0.4) is 0 Å². The van der Waals surface area contributed by atoms with Crippen LogP contribution in [0, 0.1) is 0 Å². The molecule has 3 fully saturated rings. The molecule has 0 radical (unpaired) electrons. The third kappa shape index (κ3) is 6.76. The van der Waals surface area contributed by atoms with Gasteiger partial charge in [-0.2, -0.15) is 0 Å². The summed E-state index contributed by atoms with van der Waals surface area (Å²) in [4.78, 5) is 40.1. The van der Waals surface area contributed by atoms with Gasteiger partial charge in [-0.15, -0.1) is 0 Å². The van der Waals surface area contributed by atoms with Gasteiger partial charge in [-0.1, -0.05) is 18.2 Å². The van der Waals surface area contributed by atoms with E-state index < -0.39 is 6.10 Å². The van der Waals surface area contributed by atoms with Crippen LogP contribution in [0.4, 0.5) is 4.79 Å². The molecule has 1 saturated carbocycles. The van der Waals surface area contributed by atoms with Crippen LogP contribution in [-0.4, -0.2) is 72.2 Å². The fraction of sp³-hybridized carbons (Fsp3) is 0.452. The second-order valence-corrected chi connectivity index (χ2v) is 10.7. The second kappa shape index (κ2) is 12.4. The number of nitrogens with one attached hydrogen (secondary N) is 1. The van der Waals surface area contributed by atoms with Crippen LogP contribution in [0.1, 0.15) is 57.4 Å². The first-order valence-corrected chi connectivity index (χ1v) is 14.1. The number of likely N-dealkylation sites (tertiary alicyclic amines) is 1. The van der Waals surface area contributed by atoms with E-state index >= 15 is 0 Å². The molecule has 0 spiro atoms. The molecule has 1 aliphatic carbocycles. The van der Waals surface area contributed by atoms with E-state index in [1.807, 2.05) is 31.3 Å². The summed E-state index contributed by atoms with van der Waals surface area (Å²) in [5.74, 6) is 0.513. The maximum atomic E-state index is 12.9. The summed E-state index contributed by atoms with van der Waals surface area (Å²) < 4.78 is 11.7. The minimum atomic E-state index is -0.398. The van der Waals surface area contributed by atoms with Crippen LogP contribution < -0.4 is 10.1 Å². The Bertz CT molecular complexity index is 1320. The number of ether oxygens (including phenoxy) is 2. The molecule has 1 aromatic heterocycles. The van der Waals surface area contributed by atoms with E-state index in [0.717, 1.165) is 60.2 Å². The van der Waals surface area contributed by atoms with Crippen molar-refractivity contribution in [3.63, 3.8) is 0 Å². The predicted octanol–water partition coefficient (Wildman–Crippen LogP) is 4.82. The lowest BCUT2D eigenvalue weighted by Crippen LogP contribution is -2.40. The van der Waals surface area contributed by atoms with Gasteiger partial charge in [-0.25, -0.2) is 14.8 Å². The van der Waals surface area contributed by atoms with Gasteiger partial charge in [-0.05, 0) is 75.3 Å². The van der Waals surface area contributed by atoms with Crippen molar-refractivity contribution in [2.45, 2.75) is 70.1 Å². The Labute approximate surface area is 235 Å². The SMILES string of the molecule is C=C1CC=CC(C=C2CCCN(C(=O)O[C@@H]3CNC(=O)C3)[C@@H](C)C2)=N/C1=C(/C=NC)c1cccnc1OC1CC1. The van der Waals surface area contributed by atoms with Crippen LogP contribution in [0.2, 0.25) is 0 Å². The first-order valence-electron chi connectivity index (χ1n) is 14.1. The van der Waals surface area contributed by atoms with E-state index in [-0.39, 0.29) is 30.6 Å². The van der Waals surface area contributed by atoms with Gasteiger partial charge in [-0.3, -0.25) is 9.79 Å².